The summed E-state index contributed by atoms with van der Waals surface area (Å²) in [4.78, 5) is 0. The Kier molecular flexibility index (Phi) is 4.82. The number of hydrogen-bond donors (Lipinski definition) is 2. The van der Waals surface area contributed by atoms with Gasteiger partial charge >= 0.3 is 0 Å². The van der Waals surface area contributed by atoms with Gasteiger partial charge in [-0.15, -0.1) is 0 Å². The molecule has 3 N–H and O–H groups in total. The Hall–Kier alpha value is -1.78. The quantitative estimate of drug-likeness (QED) is 0.850. The molecule has 0 aliphatic rings. The van der Waals surface area contributed by atoms with Gasteiger partial charge in [0.15, 0.2) is 0 Å². The van der Waals surface area contributed by atoms with Crippen molar-refractivity contribution in [2.24, 2.45) is 5.73 Å². The zero-order valence-corrected chi connectivity index (χ0v) is 11.9. The second kappa shape index (κ2) is 6.59. The number of aliphatic hydroxyl groups excluding tert-OH is 1. The second-order valence-electron chi connectivity index (χ2n) is 4.68. The summed E-state index contributed by atoms with van der Waals surface area (Å²) in [6.07, 6.45) is 1.64. The lowest BCUT2D eigenvalue weighted by Gasteiger charge is -2.23. The van der Waals surface area contributed by atoms with E-state index in [1.807, 2.05) is 37.3 Å². The van der Waals surface area contributed by atoms with E-state index in [0.29, 0.717) is 6.54 Å². The first kappa shape index (κ1) is 14.6. The maximum Gasteiger partial charge on any atom is 0.122 e. The maximum atomic E-state index is 10.7. The Morgan fingerprint density at radius 1 is 1.25 bits per heavy atom. The van der Waals surface area contributed by atoms with Crippen LogP contribution in [0.3, 0.4) is 0 Å². The van der Waals surface area contributed by atoms with Crippen molar-refractivity contribution < 1.29 is 14.3 Å². The van der Waals surface area contributed by atoms with E-state index in [2.05, 4.69) is 0 Å². The van der Waals surface area contributed by atoms with Crippen LogP contribution in [0.25, 0.3) is 0 Å². The summed E-state index contributed by atoms with van der Waals surface area (Å²) in [5.41, 5.74) is 7.59. The van der Waals surface area contributed by atoms with E-state index in [1.54, 1.807) is 13.4 Å². The van der Waals surface area contributed by atoms with Gasteiger partial charge in [0.05, 0.1) is 19.5 Å². The molecule has 0 amide bonds. The predicted octanol–water partition coefficient (Wildman–Crippen LogP) is 2.63. The van der Waals surface area contributed by atoms with Gasteiger partial charge in [0.1, 0.15) is 11.5 Å². The Balaban J connectivity index is 2.37. The monoisotopic (exact) mass is 275 g/mol. The highest BCUT2D eigenvalue weighted by atomic mass is 16.5. The van der Waals surface area contributed by atoms with Crippen molar-refractivity contribution in [3.8, 4) is 5.75 Å². The van der Waals surface area contributed by atoms with Gasteiger partial charge in [-0.3, -0.25) is 0 Å². The molecule has 0 aliphatic heterocycles. The van der Waals surface area contributed by atoms with Crippen molar-refractivity contribution in [3.63, 3.8) is 0 Å². The predicted molar refractivity (Wildman–Crippen MR) is 77.8 cm³/mol. The maximum absolute atomic E-state index is 10.7. The largest absolute Gasteiger partial charge is 0.496 e. The van der Waals surface area contributed by atoms with Crippen LogP contribution in [-0.2, 0) is 6.42 Å². The van der Waals surface area contributed by atoms with Gasteiger partial charge in [0, 0.05) is 30.0 Å². The van der Waals surface area contributed by atoms with E-state index in [-0.39, 0.29) is 5.92 Å². The molecule has 0 aliphatic carbocycles. The topological polar surface area (TPSA) is 68.6 Å². The van der Waals surface area contributed by atoms with E-state index in [0.717, 1.165) is 29.1 Å². The minimum Gasteiger partial charge on any atom is -0.496 e. The summed E-state index contributed by atoms with van der Waals surface area (Å²) in [6.45, 7) is 2.32. The van der Waals surface area contributed by atoms with Crippen LogP contribution < -0.4 is 10.5 Å². The fraction of sp³-hybridized carbons (Fsp3) is 0.375. The molecule has 0 radical (unpaired) electrons. The molecule has 1 aromatic heterocycles. The van der Waals surface area contributed by atoms with Crippen LogP contribution in [0.2, 0.25) is 0 Å². The molecule has 0 spiro atoms. The van der Waals surface area contributed by atoms with E-state index >= 15 is 0 Å². The lowest BCUT2D eigenvalue weighted by molar-refractivity contribution is 0.144. The smallest absolute Gasteiger partial charge is 0.122 e. The van der Waals surface area contributed by atoms with Gasteiger partial charge in [0.2, 0.25) is 0 Å². The number of hydrogen-bond acceptors (Lipinski definition) is 4. The van der Waals surface area contributed by atoms with E-state index < -0.39 is 6.10 Å². The third kappa shape index (κ3) is 2.71. The van der Waals surface area contributed by atoms with Crippen molar-refractivity contribution in [1.29, 1.82) is 0 Å². The Bertz CT molecular complexity index is 550. The first-order valence-corrected chi connectivity index (χ1v) is 6.80. The molecule has 0 bridgehead atoms. The molecule has 0 saturated heterocycles. The highest BCUT2D eigenvalue weighted by molar-refractivity contribution is 5.39. The molecule has 0 saturated carbocycles. The SMILES string of the molecule is CCc1occc1C(O)C(CN)c1ccccc1OC. The van der Waals surface area contributed by atoms with Crippen LogP contribution in [0, 0.1) is 0 Å². The minimum atomic E-state index is -0.704. The van der Waals surface area contributed by atoms with Crippen molar-refractivity contribution in [2.75, 3.05) is 13.7 Å². The highest BCUT2D eigenvalue weighted by Crippen LogP contribution is 2.36. The Morgan fingerprint density at radius 2 is 2.00 bits per heavy atom. The van der Waals surface area contributed by atoms with Crippen LogP contribution in [0.15, 0.2) is 41.0 Å². The zero-order chi connectivity index (χ0) is 14.5. The number of methoxy groups -OCH3 is 1. The third-order valence-electron chi connectivity index (χ3n) is 3.59. The number of rotatable bonds is 6. The number of aliphatic hydroxyl groups is 1. The summed E-state index contributed by atoms with van der Waals surface area (Å²) >= 11 is 0. The lowest BCUT2D eigenvalue weighted by Crippen LogP contribution is -2.21. The van der Waals surface area contributed by atoms with Gasteiger partial charge in [-0.05, 0) is 12.1 Å². The Morgan fingerprint density at radius 3 is 2.65 bits per heavy atom. The van der Waals surface area contributed by atoms with Gasteiger partial charge < -0.3 is 20.0 Å². The molecule has 1 aromatic carbocycles. The first-order valence-electron chi connectivity index (χ1n) is 6.80. The van der Waals surface area contributed by atoms with Crippen LogP contribution in [-0.4, -0.2) is 18.8 Å². The number of benzene rings is 1. The second-order valence-corrected chi connectivity index (χ2v) is 4.68. The Labute approximate surface area is 119 Å². The fourth-order valence-electron chi connectivity index (χ4n) is 2.52. The van der Waals surface area contributed by atoms with E-state index in [9.17, 15) is 5.11 Å². The summed E-state index contributed by atoms with van der Waals surface area (Å²) in [5.74, 6) is 1.31. The normalized spacial score (nSPS) is 14.0. The van der Waals surface area contributed by atoms with Crippen LogP contribution in [0.1, 0.15) is 35.8 Å². The molecule has 108 valence electrons. The molecule has 2 unspecified atom stereocenters. The zero-order valence-electron chi connectivity index (χ0n) is 11.9. The summed E-state index contributed by atoms with van der Waals surface area (Å²) < 4.78 is 10.8. The number of nitrogens with two attached hydrogens (primary N) is 1. The molecular formula is C16H21NO3. The number of ether oxygens (including phenoxy) is 1. The first-order chi connectivity index (χ1) is 9.72. The molecule has 4 heteroatoms. The molecule has 1 heterocycles. The van der Waals surface area contributed by atoms with E-state index in [1.165, 1.54) is 0 Å². The van der Waals surface area contributed by atoms with Gasteiger partial charge in [0.25, 0.3) is 0 Å². The molecular weight excluding hydrogens is 254 g/mol. The molecule has 2 rings (SSSR count). The number of aryl methyl sites for hydroxylation is 1. The minimum absolute atomic E-state index is 0.228. The number of para-hydroxylation sites is 1. The van der Waals surface area contributed by atoms with Crippen molar-refractivity contribution >= 4 is 0 Å². The van der Waals surface area contributed by atoms with Crippen molar-refractivity contribution in [1.82, 2.24) is 0 Å². The van der Waals surface area contributed by atoms with Crippen molar-refractivity contribution in [3.05, 3.63) is 53.5 Å². The van der Waals surface area contributed by atoms with Crippen LogP contribution in [0.4, 0.5) is 0 Å². The van der Waals surface area contributed by atoms with Gasteiger partial charge in [-0.2, -0.15) is 0 Å². The molecule has 0 fully saturated rings. The lowest BCUT2D eigenvalue weighted by atomic mass is 9.88. The molecule has 2 atom stereocenters. The fourth-order valence-corrected chi connectivity index (χ4v) is 2.52. The molecule has 20 heavy (non-hydrogen) atoms. The summed E-state index contributed by atoms with van der Waals surface area (Å²) in [5, 5.41) is 10.7. The van der Waals surface area contributed by atoms with Crippen molar-refractivity contribution in [2.45, 2.75) is 25.4 Å². The molecule has 4 nitrogen and oxygen atoms in total. The number of furan rings is 1. The average Bonchev–Trinajstić information content (AvgIpc) is 2.96. The third-order valence-corrected chi connectivity index (χ3v) is 3.59. The molecule has 2 aromatic rings. The summed E-state index contributed by atoms with van der Waals surface area (Å²) in [6, 6.07) is 9.44. The van der Waals surface area contributed by atoms with Gasteiger partial charge in [-0.1, -0.05) is 25.1 Å². The average molecular weight is 275 g/mol. The van der Waals surface area contributed by atoms with E-state index in [4.69, 9.17) is 14.9 Å². The van der Waals surface area contributed by atoms with Crippen LogP contribution in [0.5, 0.6) is 5.75 Å². The standard InChI is InChI=1S/C16H21NO3/c1-3-14-12(8-9-20-14)16(18)13(10-17)11-6-4-5-7-15(11)19-2/h4-9,13,16,18H,3,10,17H2,1-2H3. The van der Waals surface area contributed by atoms with Gasteiger partial charge in [-0.25, -0.2) is 0 Å². The highest BCUT2D eigenvalue weighted by Gasteiger charge is 2.26. The summed E-state index contributed by atoms with van der Waals surface area (Å²) in [7, 11) is 1.62. The van der Waals surface area contributed by atoms with Crippen LogP contribution >= 0.6 is 0 Å².